The van der Waals surface area contributed by atoms with E-state index in [9.17, 15) is 4.39 Å². The van der Waals surface area contributed by atoms with Crippen molar-refractivity contribution in [2.24, 2.45) is 0 Å². The molecule has 19 heavy (non-hydrogen) atoms. The van der Waals surface area contributed by atoms with Gasteiger partial charge in [0.1, 0.15) is 12.4 Å². The minimum atomic E-state index is -0.291. The van der Waals surface area contributed by atoms with Gasteiger partial charge in [-0.1, -0.05) is 11.8 Å². The smallest absolute Gasteiger partial charge is 0.124 e. The molecule has 0 spiro atoms. The molecule has 0 saturated carbocycles. The van der Waals surface area contributed by atoms with E-state index in [-0.39, 0.29) is 12.4 Å². The maximum absolute atomic E-state index is 13.5. The highest BCUT2D eigenvalue weighted by Crippen LogP contribution is 2.15. The van der Waals surface area contributed by atoms with E-state index < -0.39 is 0 Å². The number of hydrogen-bond donors (Lipinski definition) is 1. The van der Waals surface area contributed by atoms with Crippen molar-refractivity contribution in [2.45, 2.75) is 19.5 Å². The Morgan fingerprint density at radius 3 is 3.05 bits per heavy atom. The first-order valence-corrected chi connectivity index (χ1v) is 6.40. The summed E-state index contributed by atoms with van der Waals surface area (Å²) in [5.74, 6) is 4.99. The van der Waals surface area contributed by atoms with Gasteiger partial charge in [-0.25, -0.2) is 4.39 Å². The Labute approximate surface area is 113 Å². The summed E-state index contributed by atoms with van der Waals surface area (Å²) < 4.78 is 18.9. The molecular weight excluding hydrogens is 245 g/mol. The number of aliphatic hydroxyl groups is 1. The van der Waals surface area contributed by atoms with Crippen LogP contribution in [0.5, 0.6) is 0 Å². The number of nitrogens with zero attached hydrogens (tertiary/aromatic N) is 1. The van der Waals surface area contributed by atoms with Gasteiger partial charge in [-0.15, -0.1) is 0 Å². The molecule has 1 fully saturated rings. The molecule has 1 heterocycles. The number of morpholine rings is 1. The summed E-state index contributed by atoms with van der Waals surface area (Å²) in [6.45, 7) is 4.87. The molecule has 1 atom stereocenters. The second-order valence-electron chi connectivity index (χ2n) is 4.70. The highest BCUT2D eigenvalue weighted by Gasteiger charge is 2.18. The predicted octanol–water partition coefficient (Wildman–Crippen LogP) is 1.39. The summed E-state index contributed by atoms with van der Waals surface area (Å²) >= 11 is 0. The molecule has 1 unspecified atom stereocenters. The minimum Gasteiger partial charge on any atom is -0.384 e. The van der Waals surface area contributed by atoms with Crippen LogP contribution in [-0.2, 0) is 11.3 Å². The summed E-state index contributed by atoms with van der Waals surface area (Å²) in [5, 5.41) is 8.67. The molecule has 3 nitrogen and oxygen atoms in total. The zero-order valence-electron chi connectivity index (χ0n) is 11.0. The second-order valence-corrected chi connectivity index (χ2v) is 4.70. The largest absolute Gasteiger partial charge is 0.384 e. The third-order valence-electron chi connectivity index (χ3n) is 3.16. The Hall–Kier alpha value is -1.41. The van der Waals surface area contributed by atoms with E-state index in [2.05, 4.69) is 23.7 Å². The molecule has 0 bridgehead atoms. The molecule has 0 aliphatic carbocycles. The predicted molar refractivity (Wildman–Crippen MR) is 71.1 cm³/mol. The number of rotatable bonds is 2. The first kappa shape index (κ1) is 14.0. The minimum absolute atomic E-state index is 0.216. The molecule has 0 radical (unpaired) electrons. The van der Waals surface area contributed by atoms with Gasteiger partial charge in [0, 0.05) is 24.7 Å². The van der Waals surface area contributed by atoms with Crippen LogP contribution in [0.2, 0.25) is 0 Å². The maximum Gasteiger partial charge on any atom is 0.124 e. The fourth-order valence-electron chi connectivity index (χ4n) is 2.19. The summed E-state index contributed by atoms with van der Waals surface area (Å²) in [6.07, 6.45) is 0. The highest BCUT2D eigenvalue weighted by molar-refractivity contribution is 5.37. The Balaban J connectivity index is 2.13. The van der Waals surface area contributed by atoms with E-state index in [4.69, 9.17) is 9.84 Å². The zero-order valence-corrected chi connectivity index (χ0v) is 11.0. The lowest BCUT2D eigenvalue weighted by Gasteiger charge is -2.33. The van der Waals surface area contributed by atoms with Crippen molar-refractivity contribution < 1.29 is 14.2 Å². The van der Waals surface area contributed by atoms with Crippen molar-refractivity contribution in [3.63, 3.8) is 0 Å². The van der Waals surface area contributed by atoms with Crippen LogP contribution < -0.4 is 0 Å². The second kappa shape index (κ2) is 6.67. The number of hydrogen-bond acceptors (Lipinski definition) is 3. The third kappa shape index (κ3) is 4.03. The van der Waals surface area contributed by atoms with Crippen LogP contribution in [0.15, 0.2) is 18.2 Å². The molecular formula is C15H18FNO2. The van der Waals surface area contributed by atoms with Crippen LogP contribution in [0.4, 0.5) is 4.39 Å². The maximum atomic E-state index is 13.5. The van der Waals surface area contributed by atoms with Gasteiger partial charge in [0.05, 0.1) is 13.2 Å². The van der Waals surface area contributed by atoms with Gasteiger partial charge in [0.15, 0.2) is 0 Å². The number of aliphatic hydroxyl groups excluding tert-OH is 1. The number of halogens is 1. The van der Waals surface area contributed by atoms with Gasteiger partial charge < -0.3 is 9.84 Å². The molecule has 1 aromatic rings. The molecule has 102 valence electrons. The fourth-order valence-corrected chi connectivity index (χ4v) is 2.19. The topological polar surface area (TPSA) is 32.7 Å². The van der Waals surface area contributed by atoms with Crippen LogP contribution >= 0.6 is 0 Å². The quantitative estimate of drug-likeness (QED) is 0.819. The molecule has 1 aromatic carbocycles. The standard InChI is InChI=1S/C15H18FNO2/c1-12-11-19-6-4-17(12)10-14-7-13(3-2-5-18)8-15(16)9-14/h7-9,12,18H,4-6,10-11H2,1H3. The van der Waals surface area contributed by atoms with Crippen LogP contribution in [0.3, 0.4) is 0 Å². The average molecular weight is 263 g/mol. The van der Waals surface area contributed by atoms with E-state index in [0.29, 0.717) is 24.8 Å². The fraction of sp³-hybridized carbons (Fsp3) is 0.467. The van der Waals surface area contributed by atoms with E-state index in [0.717, 1.165) is 18.7 Å². The van der Waals surface area contributed by atoms with Crippen LogP contribution in [0.1, 0.15) is 18.1 Å². The van der Waals surface area contributed by atoms with Crippen molar-refractivity contribution in [2.75, 3.05) is 26.4 Å². The molecule has 1 saturated heterocycles. The van der Waals surface area contributed by atoms with Gasteiger partial charge in [0.2, 0.25) is 0 Å². The van der Waals surface area contributed by atoms with Crippen LogP contribution in [-0.4, -0.2) is 42.4 Å². The van der Waals surface area contributed by atoms with Gasteiger partial charge >= 0.3 is 0 Å². The normalized spacial score (nSPS) is 19.8. The summed E-state index contributed by atoms with van der Waals surface area (Å²) in [7, 11) is 0. The molecule has 1 aliphatic heterocycles. The Morgan fingerprint density at radius 1 is 1.47 bits per heavy atom. The molecule has 4 heteroatoms. The first-order chi connectivity index (χ1) is 9.19. The Bertz CT molecular complexity index is 493. The highest BCUT2D eigenvalue weighted by atomic mass is 19.1. The van der Waals surface area contributed by atoms with Crippen LogP contribution in [0.25, 0.3) is 0 Å². The Kier molecular flexibility index (Phi) is 4.92. The van der Waals surface area contributed by atoms with Crippen molar-refractivity contribution in [3.05, 3.63) is 35.1 Å². The Morgan fingerprint density at radius 2 is 2.32 bits per heavy atom. The SMILES string of the molecule is CC1COCCN1Cc1cc(F)cc(C#CCO)c1. The van der Waals surface area contributed by atoms with Crippen molar-refractivity contribution in [1.29, 1.82) is 0 Å². The molecule has 0 aromatic heterocycles. The van der Waals surface area contributed by atoms with Crippen molar-refractivity contribution >= 4 is 0 Å². The van der Waals surface area contributed by atoms with Crippen molar-refractivity contribution in [3.8, 4) is 11.8 Å². The summed E-state index contributed by atoms with van der Waals surface area (Å²) in [4.78, 5) is 2.27. The van der Waals surface area contributed by atoms with E-state index in [1.807, 2.05) is 6.07 Å². The lowest BCUT2D eigenvalue weighted by Crippen LogP contribution is -2.42. The average Bonchev–Trinajstić information content (AvgIpc) is 2.38. The molecule has 0 amide bonds. The molecule has 2 rings (SSSR count). The van der Waals surface area contributed by atoms with Gasteiger partial charge in [0.25, 0.3) is 0 Å². The lowest BCUT2D eigenvalue weighted by molar-refractivity contribution is -0.00440. The number of ether oxygens (including phenoxy) is 1. The first-order valence-electron chi connectivity index (χ1n) is 6.40. The molecule has 1 aliphatic rings. The monoisotopic (exact) mass is 263 g/mol. The summed E-state index contributed by atoms with van der Waals surface area (Å²) in [5.41, 5.74) is 1.50. The van der Waals surface area contributed by atoms with Crippen LogP contribution in [0, 0.1) is 17.7 Å². The number of benzene rings is 1. The molecule has 1 N–H and O–H groups in total. The van der Waals surface area contributed by atoms with Gasteiger partial charge in [-0.2, -0.15) is 0 Å². The zero-order chi connectivity index (χ0) is 13.7. The summed E-state index contributed by atoms with van der Waals surface area (Å²) in [6, 6.07) is 5.12. The van der Waals surface area contributed by atoms with Gasteiger partial charge in [-0.05, 0) is 30.7 Å². The van der Waals surface area contributed by atoms with E-state index in [1.54, 1.807) is 0 Å². The third-order valence-corrected chi connectivity index (χ3v) is 3.16. The van der Waals surface area contributed by atoms with Gasteiger partial charge in [-0.3, -0.25) is 4.90 Å². The van der Waals surface area contributed by atoms with E-state index in [1.165, 1.54) is 12.1 Å². The van der Waals surface area contributed by atoms with E-state index >= 15 is 0 Å². The lowest BCUT2D eigenvalue weighted by atomic mass is 10.1. The van der Waals surface area contributed by atoms with Crippen molar-refractivity contribution in [1.82, 2.24) is 4.90 Å².